The number of nitrogens with one attached hydrogen (secondary N) is 1. The molecule has 0 aliphatic rings. The van der Waals surface area contributed by atoms with Crippen molar-refractivity contribution in [3.63, 3.8) is 0 Å². The normalized spacial score (nSPS) is 12.7. The van der Waals surface area contributed by atoms with Crippen LogP contribution in [-0.4, -0.2) is 11.2 Å². The summed E-state index contributed by atoms with van der Waals surface area (Å²) in [5.41, 5.74) is 2.17. The Labute approximate surface area is 126 Å². The number of aromatic nitrogens is 1. The fraction of sp³-hybridized carbons (Fsp3) is 0.267. The van der Waals surface area contributed by atoms with Crippen LogP contribution in [0.25, 0.3) is 10.2 Å². The van der Waals surface area contributed by atoms with E-state index in [2.05, 4.69) is 41.7 Å². The minimum absolute atomic E-state index is 0.204. The van der Waals surface area contributed by atoms with Crippen molar-refractivity contribution in [1.82, 2.24) is 4.98 Å². The van der Waals surface area contributed by atoms with E-state index >= 15 is 0 Å². The van der Waals surface area contributed by atoms with Gasteiger partial charge in [-0.15, -0.1) is 11.3 Å². The Bertz CT molecular complexity index is 691. The fourth-order valence-electron chi connectivity index (χ4n) is 2.15. The average molecular weight is 304 g/mol. The molecular formula is C15H16N2OS2. The number of anilines is 1. The van der Waals surface area contributed by atoms with Crippen LogP contribution in [0.4, 0.5) is 5.69 Å². The Morgan fingerprint density at radius 2 is 2.30 bits per heavy atom. The maximum Gasteiger partial charge on any atom is 0.150 e. The van der Waals surface area contributed by atoms with E-state index in [0.29, 0.717) is 0 Å². The highest BCUT2D eigenvalue weighted by molar-refractivity contribution is 8.00. The predicted molar refractivity (Wildman–Crippen MR) is 86.8 cm³/mol. The molecule has 1 atom stereocenters. The van der Waals surface area contributed by atoms with E-state index in [9.17, 15) is 0 Å². The van der Waals surface area contributed by atoms with Crippen molar-refractivity contribution in [1.29, 1.82) is 0 Å². The third-order valence-corrected chi connectivity index (χ3v) is 5.18. The summed E-state index contributed by atoms with van der Waals surface area (Å²) in [4.78, 5) is 4.56. The lowest BCUT2D eigenvalue weighted by Gasteiger charge is -2.15. The molecule has 0 aliphatic carbocycles. The van der Waals surface area contributed by atoms with E-state index in [4.69, 9.17) is 4.42 Å². The predicted octanol–water partition coefficient (Wildman–Crippen LogP) is 5.17. The van der Waals surface area contributed by atoms with Crippen molar-refractivity contribution in [2.24, 2.45) is 0 Å². The molecule has 0 fully saturated rings. The summed E-state index contributed by atoms with van der Waals surface area (Å²) >= 11 is 3.42. The maximum atomic E-state index is 5.49. The molecular weight excluding hydrogens is 288 g/mol. The summed E-state index contributed by atoms with van der Waals surface area (Å²) in [5, 5.41) is 3.53. The van der Waals surface area contributed by atoms with Gasteiger partial charge in [-0.1, -0.05) is 18.7 Å². The van der Waals surface area contributed by atoms with E-state index in [1.54, 1.807) is 29.4 Å². The number of thiazole rings is 1. The van der Waals surface area contributed by atoms with E-state index in [1.165, 1.54) is 4.70 Å². The maximum absolute atomic E-state index is 5.49. The molecule has 0 radical (unpaired) electrons. The molecule has 0 saturated carbocycles. The smallest absolute Gasteiger partial charge is 0.150 e. The molecule has 20 heavy (non-hydrogen) atoms. The molecule has 2 heterocycles. The molecule has 0 spiro atoms. The van der Waals surface area contributed by atoms with E-state index in [1.807, 2.05) is 12.1 Å². The quantitative estimate of drug-likeness (QED) is 0.660. The lowest BCUT2D eigenvalue weighted by atomic mass is 10.1. The Hall–Kier alpha value is -1.46. The Morgan fingerprint density at radius 3 is 3.00 bits per heavy atom. The molecule has 0 amide bonds. The highest BCUT2D eigenvalue weighted by Crippen LogP contribution is 2.31. The number of benzene rings is 1. The van der Waals surface area contributed by atoms with Gasteiger partial charge in [-0.2, -0.15) is 0 Å². The fourth-order valence-corrected chi connectivity index (χ4v) is 3.67. The molecule has 0 saturated heterocycles. The van der Waals surface area contributed by atoms with Crippen LogP contribution in [0.2, 0.25) is 0 Å². The first kappa shape index (κ1) is 13.5. The molecule has 1 aromatic carbocycles. The first-order valence-electron chi connectivity index (χ1n) is 6.54. The van der Waals surface area contributed by atoms with Crippen molar-refractivity contribution in [2.45, 2.75) is 23.7 Å². The number of furan rings is 1. The minimum Gasteiger partial charge on any atom is -0.467 e. The van der Waals surface area contributed by atoms with Gasteiger partial charge < -0.3 is 9.73 Å². The molecule has 3 aromatic rings. The van der Waals surface area contributed by atoms with Crippen molar-refractivity contribution >= 4 is 39.0 Å². The van der Waals surface area contributed by atoms with Gasteiger partial charge in [0.2, 0.25) is 0 Å². The van der Waals surface area contributed by atoms with Crippen LogP contribution in [0.15, 0.2) is 45.4 Å². The van der Waals surface area contributed by atoms with Gasteiger partial charge in [-0.05, 0) is 43.0 Å². The second kappa shape index (κ2) is 5.89. The summed E-state index contributed by atoms with van der Waals surface area (Å²) in [6.07, 6.45) is 4.75. The van der Waals surface area contributed by atoms with Crippen LogP contribution >= 0.6 is 23.1 Å². The summed E-state index contributed by atoms with van der Waals surface area (Å²) in [7, 11) is 0. The van der Waals surface area contributed by atoms with Gasteiger partial charge in [0.05, 0.1) is 22.5 Å². The minimum atomic E-state index is 0.204. The van der Waals surface area contributed by atoms with Crippen molar-refractivity contribution in [3.8, 4) is 0 Å². The van der Waals surface area contributed by atoms with Crippen LogP contribution in [0.5, 0.6) is 0 Å². The molecule has 3 nitrogen and oxygen atoms in total. The third-order valence-electron chi connectivity index (χ3n) is 3.18. The highest BCUT2D eigenvalue weighted by Gasteiger charge is 2.12. The second-order valence-electron chi connectivity index (χ2n) is 4.49. The summed E-state index contributed by atoms with van der Waals surface area (Å²) in [6, 6.07) is 10.5. The molecule has 1 N–H and O–H groups in total. The monoisotopic (exact) mass is 304 g/mol. The van der Waals surface area contributed by atoms with Crippen molar-refractivity contribution in [2.75, 3.05) is 11.6 Å². The Kier molecular flexibility index (Phi) is 3.98. The molecule has 0 bridgehead atoms. The van der Waals surface area contributed by atoms with Gasteiger partial charge in [0.1, 0.15) is 5.76 Å². The summed E-state index contributed by atoms with van der Waals surface area (Å²) < 4.78 is 7.82. The van der Waals surface area contributed by atoms with E-state index < -0.39 is 0 Å². The standard InChI is InChI=1S/C15H16N2OS2/c1-3-11(13-5-4-8-18-13)16-10-6-7-12-14(9-10)20-15(17-12)19-2/h4-9,11,16H,3H2,1-2H3. The Morgan fingerprint density at radius 1 is 1.40 bits per heavy atom. The summed E-state index contributed by atoms with van der Waals surface area (Å²) in [6.45, 7) is 2.15. The SMILES string of the molecule is CCC(Nc1ccc2nc(SC)sc2c1)c1ccco1. The first-order chi connectivity index (χ1) is 9.80. The molecule has 0 aliphatic heterocycles. The van der Waals surface area contributed by atoms with Crippen LogP contribution in [0, 0.1) is 0 Å². The summed E-state index contributed by atoms with van der Waals surface area (Å²) in [5.74, 6) is 0.974. The molecule has 1 unspecified atom stereocenters. The van der Waals surface area contributed by atoms with Gasteiger partial charge in [0.25, 0.3) is 0 Å². The molecule has 5 heteroatoms. The first-order valence-corrected chi connectivity index (χ1v) is 8.58. The van der Waals surface area contributed by atoms with Crippen molar-refractivity contribution < 1.29 is 4.42 Å². The second-order valence-corrected chi connectivity index (χ2v) is 6.57. The van der Waals surface area contributed by atoms with Gasteiger partial charge in [0.15, 0.2) is 4.34 Å². The van der Waals surface area contributed by atoms with Gasteiger partial charge >= 0.3 is 0 Å². The van der Waals surface area contributed by atoms with Crippen molar-refractivity contribution in [3.05, 3.63) is 42.4 Å². The van der Waals surface area contributed by atoms with Crippen LogP contribution < -0.4 is 5.32 Å². The largest absolute Gasteiger partial charge is 0.467 e. The number of rotatable bonds is 5. The van der Waals surface area contributed by atoms with E-state index in [0.717, 1.165) is 27.7 Å². The zero-order valence-corrected chi connectivity index (χ0v) is 13.1. The average Bonchev–Trinajstić information content (AvgIpc) is 3.12. The molecule has 2 aromatic heterocycles. The third kappa shape index (κ3) is 2.69. The molecule has 104 valence electrons. The number of hydrogen-bond acceptors (Lipinski definition) is 5. The van der Waals surface area contributed by atoms with Crippen LogP contribution in [-0.2, 0) is 0 Å². The van der Waals surface area contributed by atoms with Crippen LogP contribution in [0.1, 0.15) is 25.1 Å². The number of fused-ring (bicyclic) bond motifs is 1. The topological polar surface area (TPSA) is 38.1 Å². The van der Waals surface area contributed by atoms with Gasteiger partial charge in [0, 0.05) is 5.69 Å². The van der Waals surface area contributed by atoms with Gasteiger partial charge in [-0.3, -0.25) is 0 Å². The lowest BCUT2D eigenvalue weighted by Crippen LogP contribution is -2.08. The number of thioether (sulfide) groups is 1. The number of nitrogens with zero attached hydrogens (tertiary/aromatic N) is 1. The number of hydrogen-bond donors (Lipinski definition) is 1. The van der Waals surface area contributed by atoms with Gasteiger partial charge in [-0.25, -0.2) is 4.98 Å². The Balaban J connectivity index is 1.86. The zero-order chi connectivity index (χ0) is 13.9. The van der Waals surface area contributed by atoms with Crippen LogP contribution in [0.3, 0.4) is 0 Å². The lowest BCUT2D eigenvalue weighted by molar-refractivity contribution is 0.474. The highest BCUT2D eigenvalue weighted by atomic mass is 32.2. The van der Waals surface area contributed by atoms with E-state index in [-0.39, 0.29) is 6.04 Å². The zero-order valence-electron chi connectivity index (χ0n) is 11.4. The molecule has 3 rings (SSSR count).